The van der Waals surface area contributed by atoms with E-state index >= 15 is 0 Å². The van der Waals surface area contributed by atoms with Crippen LogP contribution in [-0.2, 0) is 4.79 Å². The Bertz CT molecular complexity index is 523. The van der Waals surface area contributed by atoms with E-state index in [1.165, 1.54) is 12.4 Å². The van der Waals surface area contributed by atoms with Crippen molar-refractivity contribution in [1.29, 1.82) is 0 Å². The number of nitrogens with zero attached hydrogens (tertiary/aromatic N) is 1. The van der Waals surface area contributed by atoms with E-state index < -0.39 is 17.9 Å². The Morgan fingerprint density at radius 2 is 2.27 bits per heavy atom. The predicted molar refractivity (Wildman–Crippen MR) is 48.6 cm³/mol. The molecule has 0 spiro atoms. The number of aromatic nitrogens is 2. The number of rotatable bonds is 2. The summed E-state index contributed by atoms with van der Waals surface area (Å²) in [6.45, 7) is 0. The highest BCUT2D eigenvalue weighted by Gasteiger charge is 2.20. The van der Waals surface area contributed by atoms with E-state index in [2.05, 4.69) is 9.97 Å². The van der Waals surface area contributed by atoms with Crippen molar-refractivity contribution in [2.24, 2.45) is 0 Å². The maximum absolute atomic E-state index is 13.3. The molecule has 2 aromatic rings. The van der Waals surface area contributed by atoms with Crippen LogP contribution in [0.1, 0.15) is 11.7 Å². The molecule has 0 aliphatic carbocycles. The molecule has 78 valence electrons. The van der Waals surface area contributed by atoms with Crippen LogP contribution < -0.4 is 0 Å². The number of aliphatic carboxylic acids is 1. The van der Waals surface area contributed by atoms with Gasteiger partial charge >= 0.3 is 5.97 Å². The lowest BCUT2D eigenvalue weighted by Gasteiger charge is -2.06. The molecule has 0 amide bonds. The van der Waals surface area contributed by atoms with E-state index in [1.54, 1.807) is 0 Å². The Morgan fingerprint density at radius 3 is 2.93 bits per heavy atom. The van der Waals surface area contributed by atoms with Crippen molar-refractivity contribution in [1.82, 2.24) is 9.97 Å². The molecule has 0 saturated carbocycles. The van der Waals surface area contributed by atoms with Gasteiger partial charge in [0.15, 0.2) is 6.10 Å². The number of aromatic amines is 1. The largest absolute Gasteiger partial charge is 0.479 e. The van der Waals surface area contributed by atoms with Gasteiger partial charge in [0.1, 0.15) is 5.82 Å². The molecule has 0 radical (unpaired) electrons. The van der Waals surface area contributed by atoms with E-state index in [9.17, 15) is 14.3 Å². The number of halogens is 1. The van der Waals surface area contributed by atoms with Crippen LogP contribution in [0.2, 0.25) is 0 Å². The molecule has 1 heterocycles. The van der Waals surface area contributed by atoms with Gasteiger partial charge in [0.25, 0.3) is 0 Å². The van der Waals surface area contributed by atoms with Crippen molar-refractivity contribution in [3.8, 4) is 0 Å². The first kappa shape index (κ1) is 9.60. The molecular weight excluding hydrogens is 203 g/mol. The van der Waals surface area contributed by atoms with Crippen LogP contribution in [0.15, 0.2) is 18.5 Å². The summed E-state index contributed by atoms with van der Waals surface area (Å²) < 4.78 is 13.3. The topological polar surface area (TPSA) is 86.2 Å². The number of H-pyrrole nitrogens is 1. The fraction of sp³-hybridized carbons (Fsp3) is 0.111. The fourth-order valence-electron chi connectivity index (χ4n) is 1.32. The van der Waals surface area contributed by atoms with Crippen LogP contribution in [0, 0.1) is 5.82 Å². The first-order valence-corrected chi connectivity index (χ1v) is 4.13. The second-order valence-corrected chi connectivity index (χ2v) is 3.03. The number of carboxylic acid groups (broad SMARTS) is 1. The third-order valence-electron chi connectivity index (χ3n) is 2.07. The van der Waals surface area contributed by atoms with E-state index in [1.807, 2.05) is 0 Å². The van der Waals surface area contributed by atoms with E-state index in [-0.39, 0.29) is 5.56 Å². The summed E-state index contributed by atoms with van der Waals surface area (Å²) in [6.07, 6.45) is -0.501. The van der Waals surface area contributed by atoms with E-state index in [0.717, 1.165) is 6.07 Å². The minimum Gasteiger partial charge on any atom is -0.479 e. The van der Waals surface area contributed by atoms with Gasteiger partial charge in [-0.15, -0.1) is 0 Å². The number of benzene rings is 1. The summed E-state index contributed by atoms with van der Waals surface area (Å²) >= 11 is 0. The molecule has 1 aromatic heterocycles. The molecule has 0 aliphatic rings. The van der Waals surface area contributed by atoms with E-state index in [4.69, 9.17) is 5.11 Å². The molecule has 0 bridgehead atoms. The second-order valence-electron chi connectivity index (χ2n) is 3.03. The van der Waals surface area contributed by atoms with Crippen molar-refractivity contribution >= 4 is 17.0 Å². The number of nitrogens with one attached hydrogen (secondary N) is 1. The van der Waals surface area contributed by atoms with Crippen LogP contribution >= 0.6 is 0 Å². The average Bonchev–Trinajstić information content (AvgIpc) is 2.62. The third kappa shape index (κ3) is 1.55. The highest BCUT2D eigenvalue weighted by atomic mass is 19.1. The molecule has 2 rings (SSSR count). The fourth-order valence-corrected chi connectivity index (χ4v) is 1.32. The number of carbonyl (C=O) groups is 1. The highest BCUT2D eigenvalue weighted by molar-refractivity contribution is 5.79. The zero-order chi connectivity index (χ0) is 11.0. The van der Waals surface area contributed by atoms with Gasteiger partial charge in [-0.05, 0) is 6.07 Å². The van der Waals surface area contributed by atoms with Gasteiger partial charge in [0, 0.05) is 11.6 Å². The molecule has 6 heteroatoms. The Balaban J connectivity index is 2.59. The zero-order valence-corrected chi connectivity index (χ0v) is 7.44. The van der Waals surface area contributed by atoms with Crippen molar-refractivity contribution in [3.63, 3.8) is 0 Å². The average molecular weight is 210 g/mol. The smallest absolute Gasteiger partial charge is 0.337 e. The Hall–Kier alpha value is -1.95. The van der Waals surface area contributed by atoms with E-state index in [0.29, 0.717) is 11.0 Å². The Kier molecular flexibility index (Phi) is 2.12. The molecule has 3 N–H and O–H groups in total. The lowest BCUT2D eigenvalue weighted by molar-refractivity contribution is -0.147. The molecular formula is C9H7FN2O3. The van der Waals surface area contributed by atoms with Crippen LogP contribution in [0.4, 0.5) is 4.39 Å². The quantitative estimate of drug-likeness (QED) is 0.684. The lowest BCUT2D eigenvalue weighted by Crippen LogP contribution is -2.12. The first-order valence-electron chi connectivity index (χ1n) is 4.13. The number of hydrogen-bond donors (Lipinski definition) is 3. The van der Waals surface area contributed by atoms with Gasteiger partial charge in [-0.2, -0.15) is 0 Å². The Morgan fingerprint density at radius 1 is 1.53 bits per heavy atom. The van der Waals surface area contributed by atoms with Crippen LogP contribution in [0.25, 0.3) is 11.0 Å². The molecule has 1 aromatic carbocycles. The maximum atomic E-state index is 13.3. The van der Waals surface area contributed by atoms with Crippen molar-refractivity contribution in [2.45, 2.75) is 6.10 Å². The van der Waals surface area contributed by atoms with Crippen molar-refractivity contribution < 1.29 is 19.4 Å². The van der Waals surface area contributed by atoms with Crippen LogP contribution in [0.3, 0.4) is 0 Å². The van der Waals surface area contributed by atoms with Crippen molar-refractivity contribution in [2.75, 3.05) is 0 Å². The number of imidazole rings is 1. The normalized spacial score (nSPS) is 12.9. The summed E-state index contributed by atoms with van der Waals surface area (Å²) in [5.41, 5.74) is 0.583. The van der Waals surface area contributed by atoms with Gasteiger partial charge in [-0.25, -0.2) is 14.2 Å². The summed E-state index contributed by atoms with van der Waals surface area (Å²) in [7, 11) is 0. The number of aliphatic hydroxyl groups is 1. The number of fused-ring (bicyclic) bond motifs is 1. The number of aliphatic hydroxyl groups excluding tert-OH is 1. The molecule has 0 fully saturated rings. The maximum Gasteiger partial charge on any atom is 0.337 e. The first-order chi connectivity index (χ1) is 7.09. The highest BCUT2D eigenvalue weighted by Crippen LogP contribution is 2.21. The van der Waals surface area contributed by atoms with Gasteiger partial charge in [0.2, 0.25) is 0 Å². The Labute approximate surface area is 83.2 Å². The van der Waals surface area contributed by atoms with Gasteiger partial charge in [0.05, 0.1) is 17.4 Å². The van der Waals surface area contributed by atoms with Crippen LogP contribution in [0.5, 0.6) is 0 Å². The lowest BCUT2D eigenvalue weighted by atomic mass is 10.1. The second kappa shape index (κ2) is 3.32. The molecule has 0 aliphatic heterocycles. The number of hydrogen-bond acceptors (Lipinski definition) is 3. The minimum atomic E-state index is -1.86. The van der Waals surface area contributed by atoms with Gasteiger partial charge in [-0.3, -0.25) is 0 Å². The summed E-state index contributed by atoms with van der Waals surface area (Å²) in [5, 5.41) is 17.7. The number of carboxylic acids is 1. The SMILES string of the molecule is O=C(O)C(O)c1cc2[nH]cnc2cc1F. The monoisotopic (exact) mass is 210 g/mol. The summed E-state index contributed by atoms with van der Waals surface area (Å²) in [4.78, 5) is 17.0. The van der Waals surface area contributed by atoms with Crippen LogP contribution in [-0.4, -0.2) is 26.2 Å². The molecule has 1 unspecified atom stereocenters. The third-order valence-corrected chi connectivity index (χ3v) is 2.07. The molecule has 1 atom stereocenters. The van der Waals surface area contributed by atoms with Gasteiger partial charge < -0.3 is 15.2 Å². The predicted octanol–water partition coefficient (Wildman–Crippen LogP) is 0.820. The zero-order valence-electron chi connectivity index (χ0n) is 7.44. The minimum absolute atomic E-state index is 0.278. The van der Waals surface area contributed by atoms with Crippen molar-refractivity contribution in [3.05, 3.63) is 29.8 Å². The molecule has 15 heavy (non-hydrogen) atoms. The molecule has 0 saturated heterocycles. The summed E-state index contributed by atoms with van der Waals surface area (Å²) in [5.74, 6) is -2.28. The molecule has 5 nitrogen and oxygen atoms in total. The summed E-state index contributed by atoms with van der Waals surface area (Å²) in [6, 6.07) is 2.31. The van der Waals surface area contributed by atoms with Gasteiger partial charge in [-0.1, -0.05) is 0 Å². The standard InChI is InChI=1S/C9H7FN2O3/c10-5-2-7-6(11-3-12-7)1-4(5)8(13)9(14)15/h1-3,8,13H,(H,11,12)(H,14,15).